The second-order valence-electron chi connectivity index (χ2n) is 8.48. The number of piperidine rings is 1. The van der Waals surface area contributed by atoms with E-state index in [1.165, 1.54) is 58.4 Å². The minimum Gasteiger partial charge on any atom is -0.468 e. The molecule has 0 aliphatic carbocycles. The molecule has 4 rings (SSSR count). The number of fused-ring (bicyclic) bond motifs is 1. The molecule has 3 aromatic rings. The molecular formula is C23H24N4O7S2. The number of ether oxygens (including phenoxy) is 1. The molecule has 1 fully saturated rings. The highest BCUT2D eigenvalue weighted by Gasteiger charge is 2.28. The van der Waals surface area contributed by atoms with Crippen LogP contribution in [0, 0.1) is 16.0 Å². The molecule has 0 radical (unpaired) electrons. The lowest BCUT2D eigenvalue weighted by Crippen LogP contribution is -2.37. The van der Waals surface area contributed by atoms with Crippen molar-refractivity contribution in [1.29, 1.82) is 0 Å². The van der Waals surface area contributed by atoms with Gasteiger partial charge in [0.25, 0.3) is 11.6 Å². The number of sulfonamides is 1. The number of non-ortho nitro benzene ring substituents is 1. The predicted molar refractivity (Wildman–Crippen MR) is 132 cm³/mol. The van der Waals surface area contributed by atoms with E-state index in [2.05, 4.69) is 11.9 Å². The molecule has 36 heavy (non-hydrogen) atoms. The van der Waals surface area contributed by atoms with Gasteiger partial charge in [0.15, 0.2) is 4.80 Å². The van der Waals surface area contributed by atoms with Gasteiger partial charge in [-0.25, -0.2) is 8.42 Å². The zero-order chi connectivity index (χ0) is 26.0. The van der Waals surface area contributed by atoms with E-state index in [0.717, 1.165) is 24.2 Å². The number of thiazole rings is 1. The summed E-state index contributed by atoms with van der Waals surface area (Å²) >= 11 is 1.02. The van der Waals surface area contributed by atoms with Gasteiger partial charge in [0.1, 0.15) is 6.54 Å². The molecule has 0 bridgehead atoms. The Bertz CT molecular complexity index is 1500. The Labute approximate surface area is 210 Å². The largest absolute Gasteiger partial charge is 0.468 e. The SMILES string of the molecule is COC(=O)Cn1c(=NC(=O)c2ccc(S(=O)(=O)N3CCC(C)CC3)cc2)sc2cc([N+](=O)[O-])ccc21. The molecule has 2 aromatic carbocycles. The van der Waals surface area contributed by atoms with Crippen LogP contribution in [0.1, 0.15) is 30.1 Å². The number of benzene rings is 2. The van der Waals surface area contributed by atoms with Gasteiger partial charge in [-0.1, -0.05) is 18.3 Å². The van der Waals surface area contributed by atoms with Gasteiger partial charge in [0.2, 0.25) is 10.0 Å². The fraction of sp³-hybridized carbons (Fsp3) is 0.348. The molecule has 0 spiro atoms. The third kappa shape index (κ3) is 5.22. The number of nitrogens with zero attached hydrogens (tertiary/aromatic N) is 4. The molecule has 0 saturated carbocycles. The van der Waals surface area contributed by atoms with E-state index >= 15 is 0 Å². The van der Waals surface area contributed by atoms with Gasteiger partial charge in [-0.15, -0.1) is 0 Å². The first-order valence-corrected chi connectivity index (χ1v) is 13.4. The smallest absolute Gasteiger partial charge is 0.325 e. The van der Waals surface area contributed by atoms with Crippen molar-refractivity contribution in [1.82, 2.24) is 8.87 Å². The average molecular weight is 533 g/mol. The van der Waals surface area contributed by atoms with Gasteiger partial charge < -0.3 is 9.30 Å². The summed E-state index contributed by atoms with van der Waals surface area (Å²) in [5, 5.41) is 11.1. The third-order valence-electron chi connectivity index (χ3n) is 6.07. The second kappa shape index (κ2) is 10.3. The number of amides is 1. The molecule has 2 heterocycles. The van der Waals surface area contributed by atoms with E-state index in [1.807, 2.05) is 0 Å². The standard InChI is InChI=1S/C23H24N4O7S2/c1-15-9-11-25(12-10-15)36(32,33)18-6-3-16(4-7-18)22(29)24-23-26(14-21(28)34-2)19-8-5-17(27(30)31)13-20(19)35-23/h3-8,13,15H,9-12,14H2,1-2H3. The number of methoxy groups -OCH3 is 1. The maximum Gasteiger partial charge on any atom is 0.325 e. The summed E-state index contributed by atoms with van der Waals surface area (Å²) in [6.07, 6.45) is 1.61. The van der Waals surface area contributed by atoms with Crippen molar-refractivity contribution in [2.24, 2.45) is 10.9 Å². The minimum atomic E-state index is -3.66. The van der Waals surface area contributed by atoms with E-state index in [1.54, 1.807) is 0 Å². The lowest BCUT2D eigenvalue weighted by Gasteiger charge is -2.29. The highest BCUT2D eigenvalue weighted by molar-refractivity contribution is 7.89. The molecule has 0 unspecified atom stereocenters. The van der Waals surface area contributed by atoms with E-state index in [4.69, 9.17) is 4.74 Å². The van der Waals surface area contributed by atoms with E-state index in [-0.39, 0.29) is 27.5 Å². The van der Waals surface area contributed by atoms with Crippen LogP contribution in [0.2, 0.25) is 0 Å². The molecule has 1 aliphatic heterocycles. The van der Waals surface area contributed by atoms with Crippen LogP contribution >= 0.6 is 11.3 Å². The van der Waals surface area contributed by atoms with Gasteiger partial charge in [-0.05, 0) is 49.1 Å². The van der Waals surface area contributed by atoms with Crippen LogP contribution in [-0.2, 0) is 26.1 Å². The zero-order valence-electron chi connectivity index (χ0n) is 19.6. The normalized spacial score (nSPS) is 15.8. The van der Waals surface area contributed by atoms with Crippen LogP contribution in [0.3, 0.4) is 0 Å². The zero-order valence-corrected chi connectivity index (χ0v) is 21.3. The lowest BCUT2D eigenvalue weighted by atomic mass is 10.0. The number of carbonyl (C=O) groups is 2. The molecule has 190 valence electrons. The fourth-order valence-electron chi connectivity index (χ4n) is 3.90. The first-order chi connectivity index (χ1) is 17.1. The van der Waals surface area contributed by atoms with Crippen molar-refractivity contribution in [2.45, 2.75) is 31.2 Å². The fourth-order valence-corrected chi connectivity index (χ4v) is 6.43. The summed E-state index contributed by atoms with van der Waals surface area (Å²) in [6.45, 7) is 2.78. The molecule has 0 N–H and O–H groups in total. The summed E-state index contributed by atoms with van der Waals surface area (Å²) in [5.74, 6) is -0.742. The van der Waals surface area contributed by atoms with E-state index in [9.17, 15) is 28.1 Å². The molecule has 11 nitrogen and oxygen atoms in total. The Hall–Kier alpha value is -3.42. The van der Waals surface area contributed by atoms with Crippen LogP contribution < -0.4 is 4.80 Å². The van der Waals surface area contributed by atoms with Crippen molar-refractivity contribution in [3.05, 3.63) is 62.9 Å². The number of nitro groups is 1. The summed E-state index contributed by atoms with van der Waals surface area (Å²) in [4.78, 5) is 39.8. The Morgan fingerprint density at radius 3 is 2.44 bits per heavy atom. The van der Waals surface area contributed by atoms with Crippen molar-refractivity contribution in [2.75, 3.05) is 20.2 Å². The van der Waals surface area contributed by atoms with Crippen molar-refractivity contribution >= 4 is 49.1 Å². The van der Waals surface area contributed by atoms with Crippen LogP contribution in [-0.4, -0.2) is 54.3 Å². The van der Waals surface area contributed by atoms with E-state index < -0.39 is 26.8 Å². The molecule has 0 atom stereocenters. The number of hydrogen-bond acceptors (Lipinski definition) is 8. The van der Waals surface area contributed by atoms with Crippen molar-refractivity contribution in [3.63, 3.8) is 0 Å². The number of rotatable bonds is 6. The highest BCUT2D eigenvalue weighted by atomic mass is 32.2. The number of nitro benzene ring substituents is 1. The number of esters is 1. The van der Waals surface area contributed by atoms with Crippen LogP contribution in [0.15, 0.2) is 52.4 Å². The Morgan fingerprint density at radius 1 is 1.17 bits per heavy atom. The van der Waals surface area contributed by atoms with Gasteiger partial charge in [0, 0.05) is 30.8 Å². The third-order valence-corrected chi connectivity index (χ3v) is 9.02. The van der Waals surface area contributed by atoms with Gasteiger partial charge >= 0.3 is 5.97 Å². The number of hydrogen-bond donors (Lipinski definition) is 0. The number of aromatic nitrogens is 1. The summed E-state index contributed by atoms with van der Waals surface area (Å²) in [5.41, 5.74) is 0.515. The Kier molecular flexibility index (Phi) is 7.33. The average Bonchev–Trinajstić information content (AvgIpc) is 3.20. The van der Waals surface area contributed by atoms with Crippen LogP contribution in [0.5, 0.6) is 0 Å². The first-order valence-electron chi connectivity index (χ1n) is 11.1. The van der Waals surface area contributed by atoms with Gasteiger partial charge in [-0.2, -0.15) is 9.30 Å². The van der Waals surface area contributed by atoms with Crippen molar-refractivity contribution < 1.29 is 27.7 Å². The minimum absolute atomic E-state index is 0.100. The van der Waals surface area contributed by atoms with E-state index in [0.29, 0.717) is 29.2 Å². The second-order valence-corrected chi connectivity index (χ2v) is 11.4. The summed E-state index contributed by atoms with van der Waals surface area (Å²) in [6, 6.07) is 9.69. The van der Waals surface area contributed by atoms with Crippen molar-refractivity contribution in [3.8, 4) is 0 Å². The van der Waals surface area contributed by atoms with Gasteiger partial charge in [0.05, 0.1) is 27.1 Å². The van der Waals surface area contributed by atoms with Crippen LogP contribution in [0.25, 0.3) is 10.2 Å². The van der Waals surface area contributed by atoms with Crippen LogP contribution in [0.4, 0.5) is 5.69 Å². The maximum absolute atomic E-state index is 12.9. The monoisotopic (exact) mass is 532 g/mol. The predicted octanol–water partition coefficient (Wildman–Crippen LogP) is 2.95. The topological polar surface area (TPSA) is 141 Å². The molecule has 1 amide bonds. The summed E-state index contributed by atoms with van der Waals surface area (Å²) in [7, 11) is -2.43. The molecule has 1 saturated heterocycles. The first kappa shape index (κ1) is 25.7. The highest BCUT2D eigenvalue weighted by Crippen LogP contribution is 2.25. The lowest BCUT2D eigenvalue weighted by molar-refractivity contribution is -0.384. The molecule has 1 aromatic heterocycles. The Morgan fingerprint density at radius 2 is 1.83 bits per heavy atom. The summed E-state index contributed by atoms with van der Waals surface area (Å²) < 4.78 is 34.0. The number of carbonyl (C=O) groups excluding carboxylic acids is 2. The quantitative estimate of drug-likeness (QED) is 0.270. The Balaban J connectivity index is 1.67. The maximum atomic E-state index is 12.9. The molecule has 1 aliphatic rings. The molecule has 13 heteroatoms. The molecular weight excluding hydrogens is 508 g/mol. The van der Waals surface area contributed by atoms with Gasteiger partial charge in [-0.3, -0.25) is 19.7 Å².